The van der Waals surface area contributed by atoms with Crippen molar-refractivity contribution < 1.29 is 113 Å². The maximum absolute atomic E-state index is 13.7. The molecule has 3 fully saturated rings. The molecule has 0 bridgehead atoms. The van der Waals surface area contributed by atoms with Crippen molar-refractivity contribution in [2.45, 2.75) is 164 Å². The molecule has 6 unspecified atom stereocenters. The summed E-state index contributed by atoms with van der Waals surface area (Å²) in [6.45, 7) is 3.93. The first kappa shape index (κ1) is 68.9. The van der Waals surface area contributed by atoms with Gasteiger partial charge in [-0.2, -0.15) is 0 Å². The van der Waals surface area contributed by atoms with Crippen LogP contribution in [-0.2, 0) is 66.6 Å². The zero-order chi connectivity index (χ0) is 57.6. The minimum Gasteiger partial charge on any atom is -0.394 e. The molecule has 0 aromatic rings. The van der Waals surface area contributed by atoms with Gasteiger partial charge in [0.15, 0.2) is 18.9 Å². The van der Waals surface area contributed by atoms with E-state index in [4.69, 9.17) is 42.6 Å². The van der Waals surface area contributed by atoms with Gasteiger partial charge in [-0.1, -0.05) is 20.8 Å². The van der Waals surface area contributed by atoms with Crippen LogP contribution in [0.25, 0.3) is 0 Å². The summed E-state index contributed by atoms with van der Waals surface area (Å²) in [5.41, 5.74) is -1.57. The van der Waals surface area contributed by atoms with Crippen molar-refractivity contribution in [3.05, 3.63) is 0 Å². The molecule has 15 atom stereocenters. The number of nitrogens with one attached hydrogen (secondary N) is 5. The average molecular weight is 1130 g/mol. The molecule has 28 heteroatoms. The number of hydrogen-bond donors (Lipinski definition) is 14. The van der Waals surface area contributed by atoms with E-state index in [0.29, 0.717) is 32.4 Å². The molecule has 0 aromatic heterocycles. The van der Waals surface area contributed by atoms with Gasteiger partial charge in [-0.15, -0.1) is 0 Å². The number of aliphatic hydroxyl groups is 9. The molecule has 28 nitrogen and oxygen atoms in total. The number of carbonyl (C=O) groups excluding carboxylic acids is 5. The number of rotatable bonds is 39. The van der Waals surface area contributed by atoms with Crippen LogP contribution in [0.15, 0.2) is 0 Å². The molecular formula is C50H91N5O23. The van der Waals surface area contributed by atoms with E-state index < -0.39 is 147 Å². The van der Waals surface area contributed by atoms with Crippen LogP contribution in [0.5, 0.6) is 0 Å². The Balaban J connectivity index is 1.63. The Kier molecular flexibility index (Phi) is 33.2. The SMILES string of the molecule is COCCCNC(=O)CCCC(=O)NC(COCCC(=O)NCCCO[C@@H]1OC(CO)[C@H](O)[C@H](O)C1C)(COCCC(=O)NCCCO[C@@H]1OC(CO)[C@H](O)[C@H](O)C1C)CC(=O)NCCCO[C@@H]1OC(CO)[C@H](O)[C@H](O)C1C. The van der Waals surface area contributed by atoms with E-state index in [1.807, 2.05) is 0 Å². The molecule has 3 aliphatic rings. The molecule has 454 valence electrons. The summed E-state index contributed by atoms with van der Waals surface area (Å²) >= 11 is 0. The lowest BCUT2D eigenvalue weighted by molar-refractivity contribution is -0.282. The van der Waals surface area contributed by atoms with Crippen LogP contribution in [0.4, 0.5) is 0 Å². The maximum atomic E-state index is 13.7. The van der Waals surface area contributed by atoms with Crippen LogP contribution >= 0.6 is 0 Å². The Morgan fingerprint density at radius 3 is 1.13 bits per heavy atom. The fourth-order valence-electron chi connectivity index (χ4n) is 8.70. The van der Waals surface area contributed by atoms with Crippen LogP contribution in [0.3, 0.4) is 0 Å². The molecule has 0 aliphatic carbocycles. The molecule has 0 aromatic carbocycles. The molecule has 3 saturated heterocycles. The Hall–Kier alpha value is -3.37. The number of aliphatic hydroxyl groups excluding tert-OH is 9. The Morgan fingerprint density at radius 2 is 0.769 bits per heavy atom. The number of hydrogen-bond acceptors (Lipinski definition) is 23. The summed E-state index contributed by atoms with van der Waals surface area (Å²) in [6.07, 6.45) is -12.2. The average Bonchev–Trinajstić information content (AvgIpc) is 3.41. The van der Waals surface area contributed by atoms with E-state index in [0.717, 1.165) is 0 Å². The Labute approximate surface area is 455 Å². The van der Waals surface area contributed by atoms with Crippen LogP contribution < -0.4 is 26.6 Å². The standard InChI is InChI=1S/C50H91N5O23/c1-30-41(64)44(67)33(25-56)76-47(30)73-19-7-15-52-37(60)12-22-71-28-50(55-39(62)11-5-10-36(59)51-14-6-18-70-4,24-40(63)54-17-9-21-75-49-32(3)43(66)46(69)35(27-58)78-49)29-72-23-13-38(61)53-16-8-20-74-48-31(2)42(65)45(68)34(26-57)77-48/h30-35,41-49,56-58,64-69H,5-29H2,1-4H3,(H,51,59)(H,52,60)(H,53,61)(H,54,63)(H,55,62)/t30?,31?,32?,33?,34?,35?,41-,42-,43-,44+,45+,46+,47-,48-,49-,50?/m1/s1. The second-order valence-corrected chi connectivity index (χ2v) is 20.1. The summed E-state index contributed by atoms with van der Waals surface area (Å²) in [5.74, 6) is -3.93. The summed E-state index contributed by atoms with van der Waals surface area (Å²) in [5, 5.41) is 104. The number of ether oxygens (including phenoxy) is 9. The van der Waals surface area contributed by atoms with E-state index in [1.165, 1.54) is 0 Å². The lowest BCUT2D eigenvalue weighted by atomic mass is 9.92. The number of methoxy groups -OCH3 is 1. The minimum atomic E-state index is -1.57. The topological polar surface area (TPSA) is 411 Å². The van der Waals surface area contributed by atoms with Crippen LogP contribution in [0, 0.1) is 17.8 Å². The van der Waals surface area contributed by atoms with Crippen molar-refractivity contribution in [2.75, 3.05) is 106 Å². The summed E-state index contributed by atoms with van der Waals surface area (Å²) < 4.78 is 50.9. The third-order valence-corrected chi connectivity index (χ3v) is 13.6. The molecule has 3 heterocycles. The van der Waals surface area contributed by atoms with Crippen molar-refractivity contribution >= 4 is 29.5 Å². The number of amides is 5. The summed E-state index contributed by atoms with van der Waals surface area (Å²) in [7, 11) is 1.55. The van der Waals surface area contributed by atoms with Gasteiger partial charge in [-0.3, -0.25) is 24.0 Å². The quantitative estimate of drug-likeness (QED) is 0.0257. The largest absolute Gasteiger partial charge is 0.394 e. The smallest absolute Gasteiger partial charge is 0.222 e. The zero-order valence-electron chi connectivity index (χ0n) is 45.6. The minimum absolute atomic E-state index is 0.0339. The van der Waals surface area contributed by atoms with Gasteiger partial charge in [0, 0.05) is 83.3 Å². The molecule has 0 spiro atoms. The Bertz CT molecular complexity index is 1660. The third-order valence-electron chi connectivity index (χ3n) is 13.6. The van der Waals surface area contributed by atoms with Crippen molar-refractivity contribution in [3.8, 4) is 0 Å². The molecule has 0 radical (unpaired) electrons. The van der Waals surface area contributed by atoms with Gasteiger partial charge >= 0.3 is 0 Å². The lowest BCUT2D eigenvalue weighted by Gasteiger charge is -2.40. The second-order valence-electron chi connectivity index (χ2n) is 20.1. The van der Waals surface area contributed by atoms with Crippen LogP contribution in [-0.4, -0.2) is 261 Å². The highest BCUT2D eigenvalue weighted by Crippen LogP contribution is 2.29. The molecule has 3 rings (SSSR count). The van der Waals surface area contributed by atoms with Gasteiger partial charge in [-0.25, -0.2) is 0 Å². The summed E-state index contributed by atoms with van der Waals surface area (Å²) in [6, 6.07) is 0. The first-order valence-corrected chi connectivity index (χ1v) is 27.1. The maximum Gasteiger partial charge on any atom is 0.222 e. The molecule has 5 amide bonds. The Morgan fingerprint density at radius 1 is 0.436 bits per heavy atom. The predicted molar refractivity (Wildman–Crippen MR) is 271 cm³/mol. The molecular weight excluding hydrogens is 1040 g/mol. The fraction of sp³-hybridized carbons (Fsp3) is 0.900. The molecule has 14 N–H and O–H groups in total. The third kappa shape index (κ3) is 24.0. The fourth-order valence-corrected chi connectivity index (χ4v) is 8.70. The van der Waals surface area contributed by atoms with Gasteiger partial charge < -0.3 is 115 Å². The van der Waals surface area contributed by atoms with E-state index in [9.17, 15) is 69.9 Å². The van der Waals surface area contributed by atoms with Gasteiger partial charge in [-0.05, 0) is 32.1 Å². The monoisotopic (exact) mass is 1130 g/mol. The number of carbonyl (C=O) groups is 5. The molecule has 3 aliphatic heterocycles. The second kappa shape index (κ2) is 37.6. The first-order chi connectivity index (χ1) is 37.3. The predicted octanol–water partition coefficient (Wildman–Crippen LogP) is -4.84. The van der Waals surface area contributed by atoms with Crippen LogP contribution in [0.2, 0.25) is 0 Å². The zero-order valence-corrected chi connectivity index (χ0v) is 45.6. The lowest BCUT2D eigenvalue weighted by Crippen LogP contribution is -2.57. The summed E-state index contributed by atoms with van der Waals surface area (Å²) in [4.78, 5) is 65.6. The highest BCUT2D eigenvalue weighted by Gasteiger charge is 2.45. The van der Waals surface area contributed by atoms with Crippen LogP contribution in [0.1, 0.15) is 85.0 Å². The molecule has 0 saturated carbocycles. The van der Waals surface area contributed by atoms with Crippen molar-refractivity contribution in [2.24, 2.45) is 17.8 Å². The van der Waals surface area contributed by atoms with Crippen molar-refractivity contribution in [1.29, 1.82) is 0 Å². The van der Waals surface area contributed by atoms with E-state index >= 15 is 0 Å². The van der Waals surface area contributed by atoms with Crippen molar-refractivity contribution in [3.63, 3.8) is 0 Å². The van der Waals surface area contributed by atoms with Gasteiger partial charge in [0.05, 0.1) is 96.3 Å². The normalized spacial score (nSPS) is 30.0. The van der Waals surface area contributed by atoms with E-state index in [1.54, 1.807) is 27.9 Å². The van der Waals surface area contributed by atoms with Gasteiger partial charge in [0.2, 0.25) is 29.5 Å². The highest BCUT2D eigenvalue weighted by atomic mass is 16.7. The van der Waals surface area contributed by atoms with Gasteiger partial charge in [0.1, 0.15) is 36.6 Å². The van der Waals surface area contributed by atoms with E-state index in [-0.39, 0.29) is 110 Å². The van der Waals surface area contributed by atoms with E-state index in [2.05, 4.69) is 26.6 Å². The highest BCUT2D eigenvalue weighted by molar-refractivity contribution is 5.82. The van der Waals surface area contributed by atoms with Crippen molar-refractivity contribution in [1.82, 2.24) is 26.6 Å². The first-order valence-electron chi connectivity index (χ1n) is 27.1. The van der Waals surface area contributed by atoms with Gasteiger partial charge in [0.25, 0.3) is 0 Å². The molecule has 78 heavy (non-hydrogen) atoms.